The lowest BCUT2D eigenvalue weighted by atomic mass is 10.1. The van der Waals surface area contributed by atoms with Gasteiger partial charge in [0.2, 0.25) is 0 Å². The van der Waals surface area contributed by atoms with Crippen molar-refractivity contribution in [2.75, 3.05) is 13.2 Å². The molecule has 2 aromatic heterocycles. The molecular weight excluding hydrogens is 772 g/mol. The number of rotatable bonds is 2. The first-order valence-corrected chi connectivity index (χ1v) is 20.1. The first kappa shape index (κ1) is 33.9. The number of halogens is 4. The number of aliphatic hydroxyl groups is 2. The van der Waals surface area contributed by atoms with Crippen molar-refractivity contribution in [3.05, 3.63) is 57.0 Å². The van der Waals surface area contributed by atoms with Crippen LogP contribution in [-0.2, 0) is 43.9 Å². The van der Waals surface area contributed by atoms with Crippen molar-refractivity contribution in [3.63, 3.8) is 0 Å². The zero-order valence-corrected chi connectivity index (χ0v) is 29.3. The maximum absolute atomic E-state index is 13.6. The van der Waals surface area contributed by atoms with Crippen molar-refractivity contribution in [1.82, 2.24) is 19.1 Å². The van der Waals surface area contributed by atoms with Crippen molar-refractivity contribution in [3.8, 4) is 0 Å². The fourth-order valence-electron chi connectivity index (χ4n) is 5.54. The van der Waals surface area contributed by atoms with Gasteiger partial charge in [0.05, 0.1) is 68.0 Å². The van der Waals surface area contributed by atoms with Crippen molar-refractivity contribution in [2.24, 2.45) is 0 Å². The fraction of sp³-hybridized carbons (Fsp3) is 0.417. The highest BCUT2D eigenvalue weighted by Gasteiger charge is 2.52. The van der Waals surface area contributed by atoms with E-state index in [9.17, 15) is 19.7 Å². The number of fused-ring (bicyclic) bond motifs is 6. The van der Waals surface area contributed by atoms with Gasteiger partial charge in [-0.1, -0.05) is 58.7 Å². The van der Waals surface area contributed by atoms with Gasteiger partial charge in [0, 0.05) is 0 Å². The predicted molar refractivity (Wildman–Crippen MR) is 174 cm³/mol. The predicted octanol–water partition coefficient (Wildman–Crippen LogP) is 5.29. The second kappa shape index (κ2) is 12.6. The van der Waals surface area contributed by atoms with Crippen LogP contribution in [0.2, 0.25) is 20.1 Å². The van der Waals surface area contributed by atoms with Gasteiger partial charge >= 0.3 is 13.5 Å². The number of hydrogen-bond acceptors (Lipinski definition) is 12. The molecule has 10 atom stereocenters. The van der Waals surface area contributed by atoms with E-state index < -0.39 is 75.8 Å². The highest BCUT2D eigenvalue weighted by molar-refractivity contribution is 8.44. The van der Waals surface area contributed by atoms with Crippen LogP contribution in [0.1, 0.15) is 12.5 Å². The van der Waals surface area contributed by atoms with E-state index in [1.165, 1.54) is 21.8 Å². The van der Waals surface area contributed by atoms with Crippen LogP contribution in [0.25, 0.3) is 22.1 Å². The quantitative estimate of drug-likeness (QED) is 0.153. The molecule has 10 unspecified atom stereocenters. The molecule has 3 fully saturated rings. The molecule has 4 bridgehead atoms. The minimum absolute atomic E-state index is 0.231. The molecule has 3 aliphatic rings. The average Bonchev–Trinajstić information content (AvgIpc) is 3.72. The van der Waals surface area contributed by atoms with Crippen LogP contribution in [0.15, 0.2) is 36.9 Å². The zero-order chi connectivity index (χ0) is 32.7. The van der Waals surface area contributed by atoms with Gasteiger partial charge in [-0.15, -0.1) is 0 Å². The fourth-order valence-corrected chi connectivity index (χ4v) is 9.05. The third-order valence-electron chi connectivity index (χ3n) is 7.72. The standard InChI is InChI=1S/C24H22Cl4N4O10P2S2/c25-9-1-13-15(3-11(9)27)31(7-29-13)23-21-19(33)17(39-23)5-37-44(36,46)42-22-20(34)18(6-38-43(35,45)41-21)40-24(22)32-8-30-14-2-10(26)12(28)4-16(14)32/h1-4,7-8,17-24,33-34H,5-6H2,(H,35,45)(H,36,46). The monoisotopic (exact) mass is 792 g/mol. The molecular formula is C24H22Cl4N4O10P2S2. The summed E-state index contributed by atoms with van der Waals surface area (Å²) in [6, 6.07) is 6.18. The van der Waals surface area contributed by atoms with Crippen LogP contribution < -0.4 is 0 Å². The van der Waals surface area contributed by atoms with Crippen LogP contribution in [-0.4, -0.2) is 84.0 Å². The van der Waals surface area contributed by atoms with E-state index in [-0.39, 0.29) is 20.1 Å². The Kier molecular flexibility index (Phi) is 9.30. The lowest BCUT2D eigenvalue weighted by Crippen LogP contribution is -2.37. The molecule has 0 saturated carbocycles. The van der Waals surface area contributed by atoms with Gasteiger partial charge in [0.15, 0.2) is 12.5 Å². The molecule has 3 saturated heterocycles. The molecule has 7 rings (SSSR count). The molecule has 0 spiro atoms. The molecule has 0 aliphatic carbocycles. The Hall–Kier alpha value is -0.590. The van der Waals surface area contributed by atoms with Gasteiger partial charge in [-0.2, -0.15) is 0 Å². The normalized spacial score (nSPS) is 37.2. The largest absolute Gasteiger partial charge is 0.387 e. The molecule has 2 aromatic carbocycles. The van der Waals surface area contributed by atoms with Gasteiger partial charge in [-0.25, -0.2) is 14.5 Å². The summed E-state index contributed by atoms with van der Waals surface area (Å²) in [6.45, 7) is -9.47. The molecule has 0 amide bonds. The molecule has 248 valence electrons. The number of benzene rings is 2. The first-order valence-electron chi connectivity index (χ1n) is 13.3. The van der Waals surface area contributed by atoms with E-state index in [1.54, 1.807) is 24.3 Å². The van der Waals surface area contributed by atoms with E-state index in [4.69, 9.17) is 85.8 Å². The number of hydrogen-bond donors (Lipinski definition) is 4. The third-order valence-corrected chi connectivity index (χ3v) is 12.3. The van der Waals surface area contributed by atoms with Crippen LogP contribution in [0, 0.1) is 0 Å². The molecule has 14 nitrogen and oxygen atoms in total. The first-order chi connectivity index (χ1) is 21.7. The van der Waals surface area contributed by atoms with E-state index in [1.807, 2.05) is 0 Å². The number of thiol groups is 1. The average molecular weight is 794 g/mol. The maximum atomic E-state index is 13.6. The smallest absolute Gasteiger partial charge is 0.386 e. The van der Waals surface area contributed by atoms with Crippen LogP contribution in [0.3, 0.4) is 0 Å². The van der Waals surface area contributed by atoms with Gasteiger partial charge in [-0.3, -0.25) is 13.6 Å². The minimum Gasteiger partial charge on any atom is -0.387 e. The molecule has 46 heavy (non-hydrogen) atoms. The highest BCUT2D eigenvalue weighted by atomic mass is 35.5. The van der Waals surface area contributed by atoms with Gasteiger partial charge in [0.1, 0.15) is 36.6 Å². The van der Waals surface area contributed by atoms with Crippen molar-refractivity contribution in [2.45, 2.75) is 49.1 Å². The molecule has 4 aromatic rings. The van der Waals surface area contributed by atoms with E-state index in [0.29, 0.717) is 22.1 Å². The summed E-state index contributed by atoms with van der Waals surface area (Å²) in [6.07, 6.45) is -7.58. The van der Waals surface area contributed by atoms with Crippen LogP contribution in [0.5, 0.6) is 0 Å². The van der Waals surface area contributed by atoms with Crippen LogP contribution in [0.4, 0.5) is 0 Å². The van der Waals surface area contributed by atoms with Crippen molar-refractivity contribution in [1.29, 1.82) is 0 Å². The summed E-state index contributed by atoms with van der Waals surface area (Å²) in [5.41, 5.74) is 1.83. The summed E-state index contributed by atoms with van der Waals surface area (Å²) in [5.74, 6) is 0. The Morgan fingerprint density at radius 1 is 0.783 bits per heavy atom. The molecule has 0 radical (unpaired) electrons. The van der Waals surface area contributed by atoms with Gasteiger partial charge in [-0.05, 0) is 36.1 Å². The minimum atomic E-state index is -4.29. The Morgan fingerprint density at radius 3 is 1.72 bits per heavy atom. The third kappa shape index (κ3) is 6.29. The second-order valence-corrected chi connectivity index (χ2v) is 17.9. The molecule has 3 aliphatic heterocycles. The summed E-state index contributed by atoms with van der Waals surface area (Å²) < 4.78 is 51.5. The molecule has 3 N–H and O–H groups in total. The Balaban J connectivity index is 1.22. The summed E-state index contributed by atoms with van der Waals surface area (Å²) >= 11 is 34.2. The summed E-state index contributed by atoms with van der Waals surface area (Å²) in [7, 11) is 0. The number of nitrogens with zero attached hydrogens (tertiary/aromatic N) is 4. The Morgan fingerprint density at radius 2 is 1.22 bits per heavy atom. The Labute approximate surface area is 290 Å². The van der Waals surface area contributed by atoms with E-state index in [2.05, 4.69) is 22.2 Å². The van der Waals surface area contributed by atoms with Crippen LogP contribution >= 0.6 is 72.2 Å². The van der Waals surface area contributed by atoms with Gasteiger partial charge < -0.3 is 38.2 Å². The summed E-state index contributed by atoms with van der Waals surface area (Å²) in [5, 5.41) is 23.5. The lowest BCUT2D eigenvalue weighted by molar-refractivity contribution is -0.0598. The van der Waals surface area contributed by atoms with Gasteiger partial charge in [0.25, 0.3) is 0 Å². The number of aliphatic hydroxyl groups excluding tert-OH is 2. The maximum Gasteiger partial charge on any atom is 0.386 e. The van der Waals surface area contributed by atoms with E-state index in [0.717, 1.165) is 0 Å². The molecule has 22 heteroatoms. The summed E-state index contributed by atoms with van der Waals surface area (Å²) in [4.78, 5) is 19.7. The number of aromatic nitrogens is 4. The van der Waals surface area contributed by atoms with Crippen molar-refractivity contribution < 1.29 is 47.2 Å². The number of imidazole rings is 2. The molecule has 5 heterocycles. The highest BCUT2D eigenvalue weighted by Crippen LogP contribution is 2.58. The Bertz CT molecular complexity index is 1800. The second-order valence-electron chi connectivity index (χ2n) is 10.6. The lowest BCUT2D eigenvalue weighted by Gasteiger charge is -2.27. The SMILES string of the molecule is O=P1(S)OCC2OC(n3cnc4cc(Cl)c(Cl)cc43)C(OP(O)(=S)OCC3OC(n4cnc5cc(Cl)c(Cl)cc54)C(O1)C3O)C2O. The topological polar surface area (TPSA) is 169 Å². The number of ether oxygens (including phenoxy) is 2. The van der Waals surface area contributed by atoms with E-state index >= 15 is 0 Å². The zero-order valence-electron chi connectivity index (χ0n) is 22.7. The van der Waals surface area contributed by atoms with Crippen molar-refractivity contribution >= 4 is 106 Å².